The summed E-state index contributed by atoms with van der Waals surface area (Å²) in [7, 11) is 0. The molecule has 1 aliphatic rings. The highest BCUT2D eigenvalue weighted by Crippen LogP contribution is 2.34. The van der Waals surface area contributed by atoms with E-state index in [0.29, 0.717) is 28.9 Å². The van der Waals surface area contributed by atoms with Crippen LogP contribution in [0.4, 0.5) is 19.3 Å². The van der Waals surface area contributed by atoms with E-state index < -0.39 is 35.8 Å². The highest BCUT2D eigenvalue weighted by Gasteiger charge is 2.46. The summed E-state index contributed by atoms with van der Waals surface area (Å²) < 4.78 is 32.0. The Hall–Kier alpha value is -4.27. The number of ether oxygens (including phenoxy) is 1. The van der Waals surface area contributed by atoms with Crippen molar-refractivity contribution in [1.82, 2.24) is 10.2 Å². The molecule has 0 radical (unpaired) electrons. The maximum absolute atomic E-state index is 13.3. The van der Waals surface area contributed by atoms with Crippen molar-refractivity contribution in [3.8, 4) is 0 Å². The van der Waals surface area contributed by atoms with Gasteiger partial charge in [0.25, 0.3) is 5.91 Å². The van der Waals surface area contributed by atoms with Gasteiger partial charge < -0.3 is 15.4 Å². The number of nitrogens with one attached hydrogen (secondary N) is 2. The third-order valence-electron chi connectivity index (χ3n) is 5.77. The summed E-state index contributed by atoms with van der Waals surface area (Å²) in [4.78, 5) is 39.6. The van der Waals surface area contributed by atoms with E-state index in [9.17, 15) is 23.2 Å². The Morgan fingerprint density at radius 3 is 2.14 bits per heavy atom. The van der Waals surface area contributed by atoms with Gasteiger partial charge in [-0.15, -0.1) is 0 Å². The lowest BCUT2D eigenvalue weighted by Gasteiger charge is -2.24. The molecular formula is C27H25F2N3O4. The van der Waals surface area contributed by atoms with Gasteiger partial charge in [-0.3, -0.25) is 14.5 Å². The number of hydrogen-bond donors (Lipinski definition) is 2. The summed E-state index contributed by atoms with van der Waals surface area (Å²) in [6, 6.07) is 16.5. The number of carbonyl (C=O) groups is 3. The molecule has 0 saturated carbocycles. The summed E-state index contributed by atoms with van der Waals surface area (Å²) in [6.07, 6.45) is -0.815. The molecule has 36 heavy (non-hydrogen) atoms. The molecule has 9 heteroatoms. The van der Waals surface area contributed by atoms with Gasteiger partial charge in [0.1, 0.15) is 11.6 Å². The molecule has 1 heterocycles. The van der Waals surface area contributed by atoms with Gasteiger partial charge in [0, 0.05) is 17.8 Å². The predicted octanol–water partition coefficient (Wildman–Crippen LogP) is 4.81. The molecule has 2 N–H and O–H groups in total. The fraction of sp³-hybridized carbons (Fsp3) is 0.222. The average molecular weight is 494 g/mol. The first-order valence-electron chi connectivity index (χ1n) is 11.5. The molecule has 0 spiro atoms. The topological polar surface area (TPSA) is 87.7 Å². The summed E-state index contributed by atoms with van der Waals surface area (Å²) in [6.45, 7) is 2.43. The van der Waals surface area contributed by atoms with E-state index >= 15 is 0 Å². The fourth-order valence-corrected chi connectivity index (χ4v) is 3.91. The van der Waals surface area contributed by atoms with Crippen LogP contribution in [0.15, 0.2) is 72.8 Å². The summed E-state index contributed by atoms with van der Waals surface area (Å²) in [5, 5.41) is 5.55. The molecule has 0 bridgehead atoms. The van der Waals surface area contributed by atoms with Crippen LogP contribution in [0.3, 0.4) is 0 Å². The van der Waals surface area contributed by atoms with Crippen molar-refractivity contribution in [3.05, 3.63) is 101 Å². The van der Waals surface area contributed by atoms with Crippen LogP contribution in [0, 0.1) is 11.6 Å². The van der Waals surface area contributed by atoms with Crippen molar-refractivity contribution in [2.24, 2.45) is 0 Å². The largest absolute Gasteiger partial charge is 0.438 e. The van der Waals surface area contributed by atoms with Crippen LogP contribution < -0.4 is 10.6 Å². The van der Waals surface area contributed by atoms with E-state index in [1.54, 1.807) is 36.4 Å². The Kier molecular flexibility index (Phi) is 7.58. The molecule has 3 aromatic carbocycles. The molecule has 0 aliphatic carbocycles. The minimum atomic E-state index is -0.936. The van der Waals surface area contributed by atoms with Crippen molar-refractivity contribution in [2.45, 2.75) is 32.0 Å². The highest BCUT2D eigenvalue weighted by atomic mass is 19.1. The third kappa shape index (κ3) is 5.68. The lowest BCUT2D eigenvalue weighted by Crippen LogP contribution is -2.46. The van der Waals surface area contributed by atoms with Gasteiger partial charge in [0.15, 0.2) is 12.1 Å². The van der Waals surface area contributed by atoms with Crippen molar-refractivity contribution in [1.29, 1.82) is 0 Å². The minimum absolute atomic E-state index is 0.0750. The van der Waals surface area contributed by atoms with E-state index in [4.69, 9.17) is 4.74 Å². The molecule has 1 aliphatic heterocycles. The Balaban J connectivity index is 1.53. The van der Waals surface area contributed by atoms with Crippen molar-refractivity contribution in [3.63, 3.8) is 0 Å². The van der Waals surface area contributed by atoms with Gasteiger partial charge in [-0.1, -0.05) is 31.2 Å². The molecular weight excluding hydrogens is 468 g/mol. The third-order valence-corrected chi connectivity index (χ3v) is 5.77. The number of nitrogens with zero attached hydrogens (tertiary/aromatic N) is 1. The van der Waals surface area contributed by atoms with Crippen LogP contribution in [-0.2, 0) is 16.1 Å². The standard InChI is InChI=1S/C27H25F2N3O4/c1-2-15-30-26(34)23-24(36-27(35)32(23)16-17-3-9-20(28)10-4-17)18-7-13-22(14-8-18)31-25(33)19-5-11-21(29)12-6-19/h3-14,23-24H,2,15-16H2,1H3,(H,30,34)(H,31,33)/t23-,24+/m0/s1. The first kappa shape index (κ1) is 24.8. The maximum atomic E-state index is 13.3. The number of hydrogen-bond acceptors (Lipinski definition) is 4. The number of carbonyl (C=O) groups excluding carboxylic acids is 3. The predicted molar refractivity (Wildman–Crippen MR) is 129 cm³/mol. The monoisotopic (exact) mass is 493 g/mol. The number of cyclic esters (lactones) is 1. The lowest BCUT2D eigenvalue weighted by atomic mass is 10.00. The quantitative estimate of drug-likeness (QED) is 0.472. The number of benzene rings is 3. The van der Waals surface area contributed by atoms with Crippen LogP contribution in [0.1, 0.15) is 40.9 Å². The van der Waals surface area contributed by atoms with E-state index in [2.05, 4.69) is 10.6 Å². The van der Waals surface area contributed by atoms with Crippen LogP contribution in [0.25, 0.3) is 0 Å². The second-order valence-corrected chi connectivity index (χ2v) is 8.38. The first-order valence-corrected chi connectivity index (χ1v) is 11.5. The zero-order valence-corrected chi connectivity index (χ0v) is 19.5. The SMILES string of the molecule is CCCNC(=O)[C@@H]1[C@@H](c2ccc(NC(=O)c3ccc(F)cc3)cc2)OC(=O)N1Cc1ccc(F)cc1. The van der Waals surface area contributed by atoms with Crippen molar-refractivity contribution >= 4 is 23.6 Å². The van der Waals surface area contributed by atoms with Gasteiger partial charge in [0.2, 0.25) is 5.91 Å². The minimum Gasteiger partial charge on any atom is -0.438 e. The Morgan fingerprint density at radius 1 is 0.917 bits per heavy atom. The molecule has 3 aromatic rings. The number of halogens is 2. The lowest BCUT2D eigenvalue weighted by molar-refractivity contribution is -0.126. The highest BCUT2D eigenvalue weighted by molar-refractivity contribution is 6.04. The number of amides is 3. The van der Waals surface area contributed by atoms with E-state index in [-0.39, 0.29) is 12.5 Å². The fourth-order valence-electron chi connectivity index (χ4n) is 3.91. The average Bonchev–Trinajstić information content (AvgIpc) is 3.20. The maximum Gasteiger partial charge on any atom is 0.411 e. The van der Waals surface area contributed by atoms with E-state index in [1.165, 1.54) is 41.3 Å². The first-order chi connectivity index (χ1) is 17.4. The molecule has 2 atom stereocenters. The second kappa shape index (κ2) is 11.0. The number of rotatable bonds is 8. The van der Waals surface area contributed by atoms with Gasteiger partial charge in [-0.05, 0) is 66.1 Å². The van der Waals surface area contributed by atoms with Crippen LogP contribution in [-0.4, -0.2) is 35.4 Å². The number of anilines is 1. The van der Waals surface area contributed by atoms with Crippen LogP contribution >= 0.6 is 0 Å². The van der Waals surface area contributed by atoms with E-state index in [0.717, 1.165) is 6.42 Å². The molecule has 1 saturated heterocycles. The summed E-state index contributed by atoms with van der Waals surface area (Å²) >= 11 is 0. The summed E-state index contributed by atoms with van der Waals surface area (Å²) in [5.41, 5.74) is 2.00. The zero-order chi connectivity index (χ0) is 25.7. The molecule has 7 nitrogen and oxygen atoms in total. The molecule has 4 rings (SSSR count). The van der Waals surface area contributed by atoms with Gasteiger partial charge in [0.05, 0.1) is 6.54 Å². The Labute approximate surface area is 207 Å². The normalized spacial score (nSPS) is 17.0. The second-order valence-electron chi connectivity index (χ2n) is 8.38. The zero-order valence-electron chi connectivity index (χ0n) is 19.5. The van der Waals surface area contributed by atoms with Crippen LogP contribution in [0.5, 0.6) is 0 Å². The van der Waals surface area contributed by atoms with E-state index in [1.807, 2.05) is 6.92 Å². The van der Waals surface area contributed by atoms with Gasteiger partial charge >= 0.3 is 6.09 Å². The van der Waals surface area contributed by atoms with Crippen molar-refractivity contribution < 1.29 is 27.9 Å². The smallest absolute Gasteiger partial charge is 0.411 e. The molecule has 3 amide bonds. The Morgan fingerprint density at radius 2 is 1.53 bits per heavy atom. The van der Waals surface area contributed by atoms with Crippen molar-refractivity contribution in [2.75, 3.05) is 11.9 Å². The molecule has 0 aromatic heterocycles. The Bertz CT molecular complexity index is 1230. The summed E-state index contributed by atoms with van der Waals surface area (Å²) in [5.74, 6) is -1.60. The molecule has 1 fully saturated rings. The van der Waals surface area contributed by atoms with Gasteiger partial charge in [-0.25, -0.2) is 13.6 Å². The van der Waals surface area contributed by atoms with Crippen LogP contribution in [0.2, 0.25) is 0 Å². The van der Waals surface area contributed by atoms with Gasteiger partial charge in [-0.2, -0.15) is 0 Å². The molecule has 0 unspecified atom stereocenters. The molecule has 186 valence electrons.